The van der Waals surface area contributed by atoms with Crippen molar-refractivity contribution in [3.63, 3.8) is 0 Å². The summed E-state index contributed by atoms with van der Waals surface area (Å²) in [6.07, 6.45) is 2.90. The highest BCUT2D eigenvalue weighted by atomic mass is 16.5. The summed E-state index contributed by atoms with van der Waals surface area (Å²) in [6.45, 7) is 6.11. The molecule has 0 aliphatic carbocycles. The maximum atomic E-state index is 5.91. The molecule has 1 aliphatic heterocycles. The first-order valence-corrected chi connectivity index (χ1v) is 6.94. The summed E-state index contributed by atoms with van der Waals surface area (Å²) in [6, 6.07) is 4.25. The Hall–Kier alpha value is -1.17. The minimum atomic E-state index is 0.230. The van der Waals surface area contributed by atoms with Gasteiger partial charge in [-0.3, -0.25) is 4.90 Å². The summed E-state index contributed by atoms with van der Waals surface area (Å²) in [7, 11) is 1.99. The van der Waals surface area contributed by atoms with Crippen LogP contribution in [-0.2, 0) is 11.2 Å². The third-order valence-corrected chi connectivity index (χ3v) is 3.75. The Morgan fingerprint density at radius 1 is 1.63 bits per heavy atom. The van der Waals surface area contributed by atoms with Crippen LogP contribution >= 0.6 is 0 Å². The van der Waals surface area contributed by atoms with Crippen LogP contribution in [0.15, 0.2) is 18.3 Å². The third-order valence-electron chi connectivity index (χ3n) is 3.75. The number of rotatable bonds is 5. The molecule has 1 aliphatic rings. The number of nitrogens with zero attached hydrogens (tertiary/aromatic N) is 2. The molecule has 1 aromatic rings. The van der Waals surface area contributed by atoms with Crippen LogP contribution in [0.2, 0.25) is 0 Å². The van der Waals surface area contributed by atoms with Crippen molar-refractivity contribution in [1.29, 1.82) is 0 Å². The van der Waals surface area contributed by atoms with E-state index in [0.29, 0.717) is 11.9 Å². The molecule has 19 heavy (non-hydrogen) atoms. The van der Waals surface area contributed by atoms with E-state index in [1.165, 1.54) is 5.56 Å². The maximum Gasteiger partial charge on any atom is 0.123 e. The van der Waals surface area contributed by atoms with Crippen LogP contribution in [0, 0.1) is 0 Å². The van der Waals surface area contributed by atoms with Gasteiger partial charge in [0.2, 0.25) is 0 Å². The van der Waals surface area contributed by atoms with E-state index < -0.39 is 0 Å². The average Bonchev–Trinajstić information content (AvgIpc) is 2.45. The lowest BCUT2D eigenvalue weighted by Crippen LogP contribution is -2.52. The fourth-order valence-corrected chi connectivity index (χ4v) is 2.56. The summed E-state index contributed by atoms with van der Waals surface area (Å²) >= 11 is 0. The number of pyridine rings is 1. The van der Waals surface area contributed by atoms with Gasteiger partial charge in [-0.05, 0) is 37.7 Å². The minimum absolute atomic E-state index is 0.230. The van der Waals surface area contributed by atoms with Crippen molar-refractivity contribution < 1.29 is 4.74 Å². The number of ether oxygens (including phenoxy) is 1. The van der Waals surface area contributed by atoms with E-state index in [0.717, 1.165) is 32.7 Å². The SMILES string of the molecule is CCN1CCOC(C(Cc2ccnc(N)c2)NC)C1. The normalized spacial score (nSPS) is 22.3. The lowest BCUT2D eigenvalue weighted by atomic mass is 10.0. The second-order valence-corrected chi connectivity index (χ2v) is 4.99. The number of morpholine rings is 1. The summed E-state index contributed by atoms with van der Waals surface area (Å²) in [5.41, 5.74) is 6.93. The standard InChI is InChI=1S/C14H24N4O/c1-3-18-6-7-19-13(10-18)12(16-2)8-11-4-5-17-14(15)9-11/h4-5,9,12-13,16H,3,6-8,10H2,1-2H3,(H2,15,17). The van der Waals surface area contributed by atoms with Crippen molar-refractivity contribution in [1.82, 2.24) is 15.2 Å². The van der Waals surface area contributed by atoms with Crippen molar-refractivity contribution in [3.8, 4) is 0 Å². The second kappa shape index (κ2) is 6.84. The third kappa shape index (κ3) is 3.89. The van der Waals surface area contributed by atoms with E-state index in [1.54, 1.807) is 6.20 Å². The van der Waals surface area contributed by atoms with Crippen LogP contribution in [0.4, 0.5) is 5.82 Å². The van der Waals surface area contributed by atoms with Crippen molar-refractivity contribution in [2.24, 2.45) is 0 Å². The molecule has 1 fully saturated rings. The first-order valence-electron chi connectivity index (χ1n) is 6.94. The largest absolute Gasteiger partial charge is 0.384 e. The number of nitrogen functional groups attached to an aromatic ring is 1. The summed E-state index contributed by atoms with van der Waals surface area (Å²) in [4.78, 5) is 6.46. The lowest BCUT2D eigenvalue weighted by Gasteiger charge is -2.36. The predicted molar refractivity (Wildman–Crippen MR) is 77.1 cm³/mol. The molecule has 2 rings (SSSR count). The van der Waals surface area contributed by atoms with Gasteiger partial charge >= 0.3 is 0 Å². The minimum Gasteiger partial charge on any atom is -0.384 e. The van der Waals surface area contributed by atoms with Crippen LogP contribution in [0.25, 0.3) is 0 Å². The monoisotopic (exact) mass is 264 g/mol. The number of hydrogen-bond donors (Lipinski definition) is 2. The van der Waals surface area contributed by atoms with E-state index in [2.05, 4.69) is 22.1 Å². The Kier molecular flexibility index (Phi) is 5.13. The van der Waals surface area contributed by atoms with Gasteiger partial charge in [-0.1, -0.05) is 6.92 Å². The number of aromatic nitrogens is 1. The molecule has 1 saturated heterocycles. The van der Waals surface area contributed by atoms with E-state index in [4.69, 9.17) is 10.5 Å². The molecule has 5 heteroatoms. The zero-order valence-electron chi connectivity index (χ0n) is 11.8. The molecular weight excluding hydrogens is 240 g/mol. The van der Waals surface area contributed by atoms with E-state index in [1.807, 2.05) is 19.2 Å². The van der Waals surface area contributed by atoms with Gasteiger partial charge in [0.25, 0.3) is 0 Å². The van der Waals surface area contributed by atoms with Gasteiger partial charge in [-0.25, -0.2) is 4.98 Å². The first kappa shape index (κ1) is 14.2. The van der Waals surface area contributed by atoms with E-state index in [9.17, 15) is 0 Å². The van der Waals surface area contributed by atoms with E-state index >= 15 is 0 Å². The highest BCUT2D eigenvalue weighted by Gasteiger charge is 2.26. The van der Waals surface area contributed by atoms with Crippen LogP contribution in [0.5, 0.6) is 0 Å². The van der Waals surface area contributed by atoms with Crippen LogP contribution < -0.4 is 11.1 Å². The Labute approximate surface area is 115 Å². The molecule has 2 heterocycles. The number of hydrogen-bond acceptors (Lipinski definition) is 5. The van der Waals surface area contributed by atoms with Gasteiger partial charge in [0.05, 0.1) is 12.7 Å². The van der Waals surface area contributed by atoms with Crippen LogP contribution in [0.1, 0.15) is 12.5 Å². The average molecular weight is 264 g/mol. The molecule has 106 valence electrons. The maximum absolute atomic E-state index is 5.91. The number of anilines is 1. The summed E-state index contributed by atoms with van der Waals surface area (Å²) in [5, 5.41) is 3.37. The number of likely N-dealkylation sites (N-methyl/N-ethyl adjacent to an activating group) is 2. The predicted octanol–water partition coefficient (Wildman–Crippen LogP) is 0.515. The van der Waals surface area contributed by atoms with Gasteiger partial charge < -0.3 is 15.8 Å². The molecule has 2 unspecified atom stereocenters. The van der Waals surface area contributed by atoms with Crippen molar-refractivity contribution in [3.05, 3.63) is 23.9 Å². The fourth-order valence-electron chi connectivity index (χ4n) is 2.56. The molecule has 2 atom stereocenters. The molecule has 1 aromatic heterocycles. The number of nitrogens with two attached hydrogens (primary N) is 1. The van der Waals surface area contributed by atoms with Gasteiger partial charge in [0, 0.05) is 25.3 Å². The second-order valence-electron chi connectivity index (χ2n) is 4.99. The summed E-state index contributed by atoms with van der Waals surface area (Å²) in [5.74, 6) is 0.576. The van der Waals surface area contributed by atoms with Crippen molar-refractivity contribution in [2.75, 3.05) is 39.0 Å². The van der Waals surface area contributed by atoms with E-state index in [-0.39, 0.29) is 6.10 Å². The van der Waals surface area contributed by atoms with Crippen LogP contribution in [-0.4, -0.2) is 55.3 Å². The fraction of sp³-hybridized carbons (Fsp3) is 0.643. The van der Waals surface area contributed by atoms with Gasteiger partial charge in [0.1, 0.15) is 5.82 Å². The van der Waals surface area contributed by atoms with Gasteiger partial charge in [-0.15, -0.1) is 0 Å². The van der Waals surface area contributed by atoms with Gasteiger partial charge in [0.15, 0.2) is 0 Å². The Morgan fingerprint density at radius 3 is 3.16 bits per heavy atom. The Bertz CT molecular complexity index is 399. The van der Waals surface area contributed by atoms with Crippen LogP contribution in [0.3, 0.4) is 0 Å². The molecule has 0 bridgehead atoms. The summed E-state index contributed by atoms with van der Waals surface area (Å²) < 4.78 is 5.91. The quantitative estimate of drug-likeness (QED) is 0.811. The molecule has 0 saturated carbocycles. The first-order chi connectivity index (χ1) is 9.22. The Balaban J connectivity index is 1.99. The zero-order valence-corrected chi connectivity index (χ0v) is 11.8. The highest BCUT2D eigenvalue weighted by molar-refractivity contribution is 5.32. The Morgan fingerprint density at radius 2 is 2.47 bits per heavy atom. The molecular formula is C14H24N4O. The smallest absolute Gasteiger partial charge is 0.123 e. The molecule has 0 spiro atoms. The van der Waals surface area contributed by atoms with Gasteiger partial charge in [-0.2, -0.15) is 0 Å². The molecule has 0 aromatic carbocycles. The van der Waals surface area contributed by atoms with Crippen molar-refractivity contribution >= 4 is 5.82 Å². The number of nitrogens with one attached hydrogen (secondary N) is 1. The highest BCUT2D eigenvalue weighted by Crippen LogP contribution is 2.14. The lowest BCUT2D eigenvalue weighted by molar-refractivity contribution is -0.0436. The topological polar surface area (TPSA) is 63.4 Å². The molecule has 5 nitrogen and oxygen atoms in total. The molecule has 0 amide bonds. The van der Waals surface area contributed by atoms with Crippen molar-refractivity contribution in [2.45, 2.75) is 25.5 Å². The molecule has 3 N–H and O–H groups in total. The molecule has 0 radical (unpaired) electrons. The zero-order chi connectivity index (χ0) is 13.7.